The molecule has 1 aliphatic rings. The highest BCUT2D eigenvalue weighted by atomic mass is 16.5. The van der Waals surface area contributed by atoms with Gasteiger partial charge in [-0.05, 0) is 32.4 Å². The lowest BCUT2D eigenvalue weighted by Crippen LogP contribution is -2.34. The van der Waals surface area contributed by atoms with Gasteiger partial charge in [-0.2, -0.15) is 0 Å². The van der Waals surface area contributed by atoms with Crippen molar-refractivity contribution in [2.24, 2.45) is 11.7 Å². The molecule has 2 N–H and O–H groups in total. The monoisotopic (exact) mass is 172 g/mol. The fourth-order valence-electron chi connectivity index (χ4n) is 1.91. The predicted molar refractivity (Wildman–Crippen MR) is 50.1 cm³/mol. The van der Waals surface area contributed by atoms with Crippen LogP contribution in [0.2, 0.25) is 0 Å². The molecule has 1 saturated heterocycles. The van der Waals surface area contributed by atoms with Crippen LogP contribution in [-0.2, 0) is 4.74 Å². The largest absolute Gasteiger partial charge is 0.383 e. The number of methoxy groups -OCH3 is 1. The Morgan fingerprint density at radius 1 is 1.58 bits per heavy atom. The molecule has 3 nitrogen and oxygen atoms in total. The molecule has 12 heavy (non-hydrogen) atoms. The van der Waals surface area contributed by atoms with Crippen LogP contribution in [0.1, 0.15) is 13.3 Å². The number of ether oxygens (including phenoxy) is 1. The first-order valence-electron chi connectivity index (χ1n) is 4.72. The molecule has 0 bridgehead atoms. The Balaban J connectivity index is 2.28. The molecule has 0 aromatic heterocycles. The molecule has 1 aliphatic heterocycles. The van der Waals surface area contributed by atoms with Crippen LogP contribution in [0.5, 0.6) is 0 Å². The highest BCUT2D eigenvalue weighted by Crippen LogP contribution is 2.22. The third kappa shape index (κ3) is 2.19. The first-order valence-corrected chi connectivity index (χ1v) is 4.72. The molecule has 2 atom stereocenters. The van der Waals surface area contributed by atoms with E-state index in [-0.39, 0.29) is 0 Å². The molecule has 0 radical (unpaired) electrons. The van der Waals surface area contributed by atoms with Gasteiger partial charge in [0.25, 0.3) is 0 Å². The number of hydrogen-bond donors (Lipinski definition) is 1. The van der Waals surface area contributed by atoms with E-state index in [0.29, 0.717) is 12.0 Å². The third-order valence-corrected chi connectivity index (χ3v) is 2.93. The van der Waals surface area contributed by atoms with Crippen molar-refractivity contribution in [2.75, 3.05) is 33.4 Å². The Labute approximate surface area is 74.9 Å². The predicted octanol–water partition coefficient (Wildman–Crippen LogP) is 0.302. The van der Waals surface area contributed by atoms with Crippen LogP contribution in [0, 0.1) is 5.92 Å². The van der Waals surface area contributed by atoms with Gasteiger partial charge in [-0.3, -0.25) is 4.90 Å². The zero-order valence-corrected chi connectivity index (χ0v) is 8.12. The van der Waals surface area contributed by atoms with Crippen LogP contribution in [0.3, 0.4) is 0 Å². The van der Waals surface area contributed by atoms with Crippen LogP contribution >= 0.6 is 0 Å². The van der Waals surface area contributed by atoms with Gasteiger partial charge in [0.15, 0.2) is 0 Å². The highest BCUT2D eigenvalue weighted by Gasteiger charge is 2.28. The molecule has 0 aliphatic carbocycles. The summed E-state index contributed by atoms with van der Waals surface area (Å²) in [6.07, 6.45) is 1.25. The van der Waals surface area contributed by atoms with Gasteiger partial charge in [0, 0.05) is 19.7 Å². The molecule has 0 aromatic rings. The fourth-order valence-corrected chi connectivity index (χ4v) is 1.91. The molecule has 0 spiro atoms. The lowest BCUT2D eigenvalue weighted by Gasteiger charge is -2.23. The van der Waals surface area contributed by atoms with Crippen LogP contribution in [0.25, 0.3) is 0 Å². The number of hydrogen-bond acceptors (Lipinski definition) is 3. The van der Waals surface area contributed by atoms with Crippen molar-refractivity contribution >= 4 is 0 Å². The van der Waals surface area contributed by atoms with Gasteiger partial charge < -0.3 is 10.5 Å². The number of rotatable bonds is 4. The second-order valence-electron chi connectivity index (χ2n) is 3.55. The van der Waals surface area contributed by atoms with Gasteiger partial charge in [0.05, 0.1) is 6.61 Å². The van der Waals surface area contributed by atoms with E-state index in [9.17, 15) is 0 Å². The van der Waals surface area contributed by atoms with Crippen molar-refractivity contribution < 1.29 is 4.74 Å². The van der Waals surface area contributed by atoms with E-state index < -0.39 is 0 Å². The topological polar surface area (TPSA) is 38.5 Å². The quantitative estimate of drug-likeness (QED) is 0.663. The van der Waals surface area contributed by atoms with Gasteiger partial charge in [0.2, 0.25) is 0 Å². The zero-order chi connectivity index (χ0) is 8.97. The van der Waals surface area contributed by atoms with E-state index in [4.69, 9.17) is 10.5 Å². The lowest BCUT2D eigenvalue weighted by atomic mass is 10.0. The first-order chi connectivity index (χ1) is 5.79. The minimum atomic E-state index is 0.644. The Hall–Kier alpha value is -0.120. The minimum absolute atomic E-state index is 0.644. The molecule has 0 saturated carbocycles. The second kappa shape index (κ2) is 4.80. The summed E-state index contributed by atoms with van der Waals surface area (Å²) in [6, 6.07) is 0.644. The minimum Gasteiger partial charge on any atom is -0.383 e. The van der Waals surface area contributed by atoms with Crippen LogP contribution < -0.4 is 5.73 Å². The molecule has 2 unspecified atom stereocenters. The van der Waals surface area contributed by atoms with Gasteiger partial charge in [-0.1, -0.05) is 0 Å². The summed E-state index contributed by atoms with van der Waals surface area (Å²) < 4.78 is 5.05. The molecule has 0 amide bonds. The molecule has 1 fully saturated rings. The number of nitrogens with zero attached hydrogens (tertiary/aromatic N) is 1. The van der Waals surface area contributed by atoms with Crippen molar-refractivity contribution in [1.29, 1.82) is 0 Å². The van der Waals surface area contributed by atoms with Crippen LogP contribution in [-0.4, -0.2) is 44.3 Å². The van der Waals surface area contributed by atoms with Gasteiger partial charge in [-0.15, -0.1) is 0 Å². The summed E-state index contributed by atoms with van der Waals surface area (Å²) in [5.74, 6) is 0.696. The zero-order valence-electron chi connectivity index (χ0n) is 8.12. The number of nitrogens with two attached hydrogens (primary N) is 1. The second-order valence-corrected chi connectivity index (χ2v) is 3.55. The van der Waals surface area contributed by atoms with E-state index in [1.807, 2.05) is 0 Å². The normalized spacial score (nSPS) is 31.2. The molecular weight excluding hydrogens is 152 g/mol. The summed E-state index contributed by atoms with van der Waals surface area (Å²) in [6.45, 7) is 6.16. The highest BCUT2D eigenvalue weighted by molar-refractivity contribution is 4.83. The molecule has 3 heteroatoms. The summed E-state index contributed by atoms with van der Waals surface area (Å²) in [5, 5.41) is 0. The Morgan fingerprint density at radius 2 is 2.33 bits per heavy atom. The van der Waals surface area contributed by atoms with Gasteiger partial charge >= 0.3 is 0 Å². The summed E-state index contributed by atoms with van der Waals surface area (Å²) in [7, 11) is 1.75. The molecule has 72 valence electrons. The molecule has 0 aromatic carbocycles. The Bertz CT molecular complexity index is 130. The van der Waals surface area contributed by atoms with E-state index >= 15 is 0 Å². The lowest BCUT2D eigenvalue weighted by molar-refractivity contribution is 0.139. The summed E-state index contributed by atoms with van der Waals surface area (Å²) in [4.78, 5) is 2.46. The van der Waals surface area contributed by atoms with Crippen molar-refractivity contribution in [3.8, 4) is 0 Å². The van der Waals surface area contributed by atoms with E-state index in [1.54, 1.807) is 7.11 Å². The summed E-state index contributed by atoms with van der Waals surface area (Å²) in [5.41, 5.74) is 5.66. The third-order valence-electron chi connectivity index (χ3n) is 2.93. The summed E-state index contributed by atoms with van der Waals surface area (Å²) >= 11 is 0. The fraction of sp³-hybridized carbons (Fsp3) is 1.00. The Morgan fingerprint density at radius 3 is 2.83 bits per heavy atom. The maximum absolute atomic E-state index is 5.66. The molecule has 1 rings (SSSR count). The van der Waals surface area contributed by atoms with Crippen LogP contribution in [0.15, 0.2) is 0 Å². The maximum Gasteiger partial charge on any atom is 0.0589 e. The van der Waals surface area contributed by atoms with Gasteiger partial charge in [-0.25, -0.2) is 0 Å². The van der Waals surface area contributed by atoms with Crippen molar-refractivity contribution in [1.82, 2.24) is 4.90 Å². The van der Waals surface area contributed by atoms with Crippen molar-refractivity contribution in [3.05, 3.63) is 0 Å². The van der Waals surface area contributed by atoms with E-state index in [0.717, 1.165) is 19.7 Å². The van der Waals surface area contributed by atoms with Crippen molar-refractivity contribution in [3.63, 3.8) is 0 Å². The first kappa shape index (κ1) is 9.96. The van der Waals surface area contributed by atoms with E-state index in [1.165, 1.54) is 13.0 Å². The SMILES string of the molecule is COCCN1CCC(CN)C1C. The van der Waals surface area contributed by atoms with Gasteiger partial charge in [0.1, 0.15) is 0 Å². The number of likely N-dealkylation sites (tertiary alicyclic amines) is 1. The van der Waals surface area contributed by atoms with Crippen LogP contribution in [0.4, 0.5) is 0 Å². The standard InChI is InChI=1S/C9H20N2O/c1-8-9(7-10)3-4-11(8)5-6-12-2/h8-9H,3-7,10H2,1-2H3. The average molecular weight is 172 g/mol. The maximum atomic E-state index is 5.66. The van der Waals surface area contributed by atoms with Crippen molar-refractivity contribution in [2.45, 2.75) is 19.4 Å². The molecular formula is C9H20N2O. The van der Waals surface area contributed by atoms with E-state index in [2.05, 4.69) is 11.8 Å². The molecule has 1 heterocycles. The average Bonchev–Trinajstić information content (AvgIpc) is 2.43. The Kier molecular flexibility index (Phi) is 3.98. The smallest absolute Gasteiger partial charge is 0.0589 e.